The molecule has 162 valence electrons. The topological polar surface area (TPSA) is 58.4 Å². The lowest BCUT2D eigenvalue weighted by Gasteiger charge is -2.32. The van der Waals surface area contributed by atoms with E-state index >= 15 is 0 Å². The summed E-state index contributed by atoms with van der Waals surface area (Å²) < 4.78 is 13.2. The van der Waals surface area contributed by atoms with Gasteiger partial charge >= 0.3 is 0 Å². The van der Waals surface area contributed by atoms with Crippen LogP contribution in [-0.2, 0) is 24.2 Å². The van der Waals surface area contributed by atoms with Crippen LogP contribution in [0.3, 0.4) is 0 Å². The molecule has 1 aliphatic heterocycles. The molecule has 3 rings (SSSR count). The third kappa shape index (κ3) is 6.00. The van der Waals surface area contributed by atoms with Crippen LogP contribution in [0.5, 0.6) is 0 Å². The van der Waals surface area contributed by atoms with Gasteiger partial charge in [0.15, 0.2) is 0 Å². The molecule has 0 atom stereocenters. The lowest BCUT2D eigenvalue weighted by atomic mass is 9.98. The van der Waals surface area contributed by atoms with E-state index in [0.717, 1.165) is 35.7 Å². The van der Waals surface area contributed by atoms with E-state index in [1.54, 1.807) is 6.08 Å². The summed E-state index contributed by atoms with van der Waals surface area (Å²) in [6.45, 7) is 7.40. The molecule has 1 aliphatic rings. The van der Waals surface area contributed by atoms with Gasteiger partial charge in [-0.2, -0.15) is 0 Å². The zero-order valence-electron chi connectivity index (χ0n) is 17.3. The van der Waals surface area contributed by atoms with Gasteiger partial charge in [0, 0.05) is 34.4 Å². The highest BCUT2D eigenvalue weighted by molar-refractivity contribution is 7.97. The van der Waals surface area contributed by atoms with Crippen LogP contribution in [0.15, 0.2) is 71.8 Å². The minimum atomic E-state index is -0.428. The molecule has 0 spiro atoms. The Balaban J connectivity index is 1.78. The Bertz CT molecular complexity index is 1050. The zero-order valence-corrected chi connectivity index (χ0v) is 18.9. The maximum Gasteiger partial charge on any atom is 0.228 e. The van der Waals surface area contributed by atoms with E-state index in [4.69, 9.17) is 16.7 Å². The van der Waals surface area contributed by atoms with Crippen LogP contribution in [0.4, 0.5) is 10.1 Å². The van der Waals surface area contributed by atoms with Gasteiger partial charge in [-0.25, -0.2) is 4.39 Å². The summed E-state index contributed by atoms with van der Waals surface area (Å²) in [5.41, 5.74) is 4.78. The van der Waals surface area contributed by atoms with E-state index in [0.29, 0.717) is 11.3 Å². The molecule has 2 aromatic carbocycles. The van der Waals surface area contributed by atoms with Gasteiger partial charge in [0.2, 0.25) is 5.91 Å². The summed E-state index contributed by atoms with van der Waals surface area (Å²) >= 11 is 7.24. The van der Waals surface area contributed by atoms with Gasteiger partial charge in [0.25, 0.3) is 0 Å². The second-order valence-corrected chi connectivity index (χ2v) is 8.37. The number of carbonyl (C=O) groups is 1. The number of hydrogen-bond acceptors (Lipinski definition) is 4. The minimum absolute atomic E-state index is 0.0604. The van der Waals surface area contributed by atoms with Crippen molar-refractivity contribution < 1.29 is 9.18 Å². The number of benzene rings is 2. The van der Waals surface area contributed by atoms with Crippen LogP contribution in [0.1, 0.15) is 23.6 Å². The lowest BCUT2D eigenvalue weighted by molar-refractivity contribution is -0.115. The Hall–Kier alpha value is -2.54. The molecule has 0 radical (unpaired) electrons. The van der Waals surface area contributed by atoms with Crippen molar-refractivity contribution in [2.75, 3.05) is 11.9 Å². The number of fused-ring (bicyclic) bond motifs is 1. The van der Waals surface area contributed by atoms with Crippen molar-refractivity contribution in [1.82, 2.24) is 4.90 Å². The Morgan fingerprint density at radius 2 is 2.16 bits per heavy atom. The maximum absolute atomic E-state index is 13.2. The molecule has 1 heterocycles. The smallest absolute Gasteiger partial charge is 0.228 e. The first-order valence-electron chi connectivity index (χ1n) is 9.88. The first-order chi connectivity index (χ1) is 14.9. The van der Waals surface area contributed by atoms with Gasteiger partial charge in [-0.05, 0) is 72.3 Å². The summed E-state index contributed by atoms with van der Waals surface area (Å²) in [4.78, 5) is 15.8. The number of carbonyl (C=O) groups excluding carboxylic acids is 1. The molecule has 0 fully saturated rings. The van der Waals surface area contributed by atoms with Gasteiger partial charge in [-0.3, -0.25) is 9.93 Å². The van der Waals surface area contributed by atoms with E-state index in [1.807, 2.05) is 24.3 Å². The standard InChI is InChI=1S/C24H25ClFN3OS/c1-3-4-5-6-16(2)29-10-9-21-18(15-29)11-20(14-23(21)31-27)28-24(30)12-17-7-8-19(26)13-22(17)25/h3-8,11,13-14H,1,9-10,12,15,27H2,2H3,(H,28,30)/b5-4-,16-6+. The molecule has 0 saturated heterocycles. The van der Waals surface area contributed by atoms with Crippen LogP contribution in [0.25, 0.3) is 0 Å². The van der Waals surface area contributed by atoms with Crippen molar-refractivity contribution in [3.05, 3.63) is 94.4 Å². The quantitative estimate of drug-likeness (QED) is 0.418. The second kappa shape index (κ2) is 10.7. The number of nitrogens with zero attached hydrogens (tertiary/aromatic N) is 1. The average molecular weight is 458 g/mol. The van der Waals surface area contributed by atoms with Crippen LogP contribution >= 0.6 is 23.5 Å². The van der Waals surface area contributed by atoms with Crippen LogP contribution in [-0.4, -0.2) is 17.4 Å². The van der Waals surface area contributed by atoms with E-state index < -0.39 is 5.82 Å². The highest BCUT2D eigenvalue weighted by Gasteiger charge is 2.20. The third-order valence-corrected chi connectivity index (χ3v) is 6.12. The summed E-state index contributed by atoms with van der Waals surface area (Å²) in [5, 5.41) is 9.08. The molecule has 31 heavy (non-hydrogen) atoms. The number of rotatable bonds is 7. The summed E-state index contributed by atoms with van der Waals surface area (Å²) in [7, 11) is 0. The van der Waals surface area contributed by atoms with E-state index in [9.17, 15) is 9.18 Å². The Morgan fingerprint density at radius 3 is 2.87 bits per heavy atom. The molecule has 0 aliphatic carbocycles. The monoisotopic (exact) mass is 457 g/mol. The second-order valence-electron chi connectivity index (χ2n) is 7.29. The van der Waals surface area contributed by atoms with Crippen molar-refractivity contribution in [2.24, 2.45) is 5.14 Å². The fourth-order valence-electron chi connectivity index (χ4n) is 3.56. The van der Waals surface area contributed by atoms with Gasteiger partial charge < -0.3 is 10.2 Å². The molecule has 0 bridgehead atoms. The predicted octanol–water partition coefficient (Wildman–Crippen LogP) is 5.63. The Kier molecular flexibility index (Phi) is 7.96. The number of amides is 1. The van der Waals surface area contributed by atoms with Crippen LogP contribution < -0.4 is 10.5 Å². The van der Waals surface area contributed by atoms with Crippen LogP contribution in [0, 0.1) is 5.82 Å². The molecule has 0 unspecified atom stereocenters. The van der Waals surface area contributed by atoms with Gasteiger partial charge in [0.1, 0.15) is 5.82 Å². The first-order valence-corrected chi connectivity index (χ1v) is 11.1. The summed E-state index contributed by atoms with van der Waals surface area (Å²) in [5.74, 6) is -0.651. The Morgan fingerprint density at radius 1 is 1.35 bits per heavy atom. The van der Waals surface area contributed by atoms with Crippen molar-refractivity contribution >= 4 is 35.1 Å². The SMILES string of the molecule is C=C/C=C\C=C(/C)N1CCc2c(cc(NC(=O)Cc3ccc(F)cc3Cl)cc2SN)C1. The number of anilines is 1. The van der Waals surface area contributed by atoms with Gasteiger partial charge in [0.05, 0.1) is 6.42 Å². The third-order valence-electron chi connectivity index (χ3n) is 5.15. The number of hydrogen-bond donors (Lipinski definition) is 2. The molecule has 0 aromatic heterocycles. The van der Waals surface area contributed by atoms with E-state index in [1.165, 1.54) is 35.7 Å². The average Bonchev–Trinajstić information content (AvgIpc) is 2.74. The summed E-state index contributed by atoms with van der Waals surface area (Å²) in [6.07, 6.45) is 8.61. The molecule has 0 saturated carbocycles. The number of nitrogens with one attached hydrogen (secondary N) is 1. The van der Waals surface area contributed by atoms with Gasteiger partial charge in [-0.1, -0.05) is 42.5 Å². The molecule has 4 nitrogen and oxygen atoms in total. The van der Waals surface area contributed by atoms with E-state index in [2.05, 4.69) is 29.8 Å². The molecule has 3 N–H and O–H groups in total. The minimum Gasteiger partial charge on any atom is -0.370 e. The van der Waals surface area contributed by atoms with Crippen molar-refractivity contribution in [1.29, 1.82) is 0 Å². The normalized spacial score (nSPS) is 13.9. The number of nitrogens with two attached hydrogens (primary N) is 1. The van der Waals surface area contributed by atoms with Crippen molar-refractivity contribution in [2.45, 2.75) is 31.2 Å². The summed E-state index contributed by atoms with van der Waals surface area (Å²) in [6, 6.07) is 7.93. The van der Waals surface area contributed by atoms with Crippen LogP contribution in [0.2, 0.25) is 5.02 Å². The molecular formula is C24H25ClFN3OS. The maximum atomic E-state index is 13.2. The first kappa shape index (κ1) is 23.1. The zero-order chi connectivity index (χ0) is 22.4. The largest absolute Gasteiger partial charge is 0.370 e. The fourth-order valence-corrected chi connectivity index (χ4v) is 4.36. The number of halogens is 2. The lowest BCUT2D eigenvalue weighted by Crippen LogP contribution is -2.29. The Labute approximate surface area is 191 Å². The van der Waals surface area contributed by atoms with E-state index in [-0.39, 0.29) is 17.4 Å². The highest BCUT2D eigenvalue weighted by Crippen LogP contribution is 2.32. The molecular weight excluding hydrogens is 433 g/mol. The molecule has 1 amide bonds. The van der Waals surface area contributed by atoms with Crippen molar-refractivity contribution in [3.8, 4) is 0 Å². The predicted molar refractivity (Wildman–Crippen MR) is 127 cm³/mol. The van der Waals surface area contributed by atoms with Crippen molar-refractivity contribution in [3.63, 3.8) is 0 Å². The molecule has 7 heteroatoms. The fraction of sp³-hybridized carbons (Fsp3) is 0.208. The highest BCUT2D eigenvalue weighted by atomic mass is 35.5. The van der Waals surface area contributed by atoms with Gasteiger partial charge in [-0.15, -0.1) is 0 Å². The molecule has 2 aromatic rings. The number of allylic oxidation sites excluding steroid dienone is 5.